The van der Waals surface area contributed by atoms with E-state index in [1.165, 1.54) is 0 Å². The van der Waals surface area contributed by atoms with Crippen LogP contribution >= 0.6 is 0 Å². The highest BCUT2D eigenvalue weighted by atomic mass is 32.2. The summed E-state index contributed by atoms with van der Waals surface area (Å²) in [5.74, 6) is 5.79. The topological polar surface area (TPSA) is 115 Å². The highest BCUT2D eigenvalue weighted by Crippen LogP contribution is 2.10. The highest BCUT2D eigenvalue weighted by Gasteiger charge is 2.09. The molecular formula is C9H18N6O2S. The Kier molecular flexibility index (Phi) is 5.72. The molecule has 0 saturated carbocycles. The van der Waals surface area contributed by atoms with E-state index in [0.717, 1.165) is 0 Å². The number of rotatable bonds is 7. The molecule has 2 unspecified atom stereocenters. The Labute approximate surface area is 108 Å². The summed E-state index contributed by atoms with van der Waals surface area (Å²) < 4.78 is 16.4. The van der Waals surface area contributed by atoms with Gasteiger partial charge in [0, 0.05) is 28.9 Å². The summed E-state index contributed by atoms with van der Waals surface area (Å²) >= 11 is 0. The SMILES string of the molecule is CCOc1nc(NN)nc(NCC(C)S(C)=O)n1. The van der Waals surface area contributed by atoms with Gasteiger partial charge in [0.15, 0.2) is 0 Å². The Bertz CT molecular complexity index is 416. The molecule has 0 aliphatic heterocycles. The Morgan fingerprint density at radius 3 is 2.61 bits per heavy atom. The number of nitrogens with zero attached hydrogens (tertiary/aromatic N) is 3. The lowest BCUT2D eigenvalue weighted by Gasteiger charge is -2.11. The molecule has 0 aliphatic rings. The minimum atomic E-state index is -0.905. The first-order chi connectivity index (χ1) is 8.56. The number of hydrogen-bond acceptors (Lipinski definition) is 8. The maximum atomic E-state index is 11.2. The summed E-state index contributed by atoms with van der Waals surface area (Å²) in [5, 5.41) is 2.96. The fourth-order valence-corrected chi connectivity index (χ4v) is 1.36. The number of ether oxygens (including phenoxy) is 1. The second kappa shape index (κ2) is 7.07. The van der Waals surface area contributed by atoms with Crippen LogP contribution in [0.1, 0.15) is 13.8 Å². The lowest BCUT2D eigenvalue weighted by atomic mass is 10.5. The lowest BCUT2D eigenvalue weighted by Crippen LogP contribution is -2.22. The molecule has 9 heteroatoms. The Hall–Kier alpha value is -1.48. The van der Waals surface area contributed by atoms with Gasteiger partial charge in [-0.2, -0.15) is 15.0 Å². The standard InChI is InChI=1S/C9H18N6O2S/c1-4-17-9-13-7(12-8(14-9)15-10)11-5-6(2)18(3)16/h6H,4-5,10H2,1-3H3,(H2,11,12,13,14,15). The minimum absolute atomic E-state index is 0.00778. The Balaban J connectivity index is 2.74. The first kappa shape index (κ1) is 14.6. The van der Waals surface area contributed by atoms with Crippen LogP contribution in [-0.2, 0) is 10.8 Å². The fourth-order valence-electron chi connectivity index (χ4n) is 1.05. The van der Waals surface area contributed by atoms with Gasteiger partial charge in [-0.1, -0.05) is 0 Å². The summed E-state index contributed by atoms with van der Waals surface area (Å²) in [5.41, 5.74) is 2.33. The van der Waals surface area contributed by atoms with E-state index in [9.17, 15) is 4.21 Å². The van der Waals surface area contributed by atoms with E-state index in [4.69, 9.17) is 10.6 Å². The van der Waals surface area contributed by atoms with Gasteiger partial charge in [0.05, 0.1) is 6.61 Å². The largest absolute Gasteiger partial charge is 0.464 e. The van der Waals surface area contributed by atoms with Gasteiger partial charge < -0.3 is 10.1 Å². The number of nitrogen functional groups attached to an aromatic ring is 1. The number of hydrazine groups is 1. The molecule has 18 heavy (non-hydrogen) atoms. The first-order valence-corrected chi connectivity index (χ1v) is 7.10. The smallest absolute Gasteiger partial charge is 0.323 e. The average Bonchev–Trinajstić information content (AvgIpc) is 2.35. The van der Waals surface area contributed by atoms with Crippen molar-refractivity contribution >= 4 is 22.7 Å². The second-order valence-electron chi connectivity index (χ2n) is 3.53. The van der Waals surface area contributed by atoms with E-state index in [2.05, 4.69) is 25.7 Å². The molecular weight excluding hydrogens is 256 g/mol. The molecule has 0 aromatic carbocycles. The molecule has 1 rings (SSSR count). The number of nitrogens with two attached hydrogens (primary N) is 1. The van der Waals surface area contributed by atoms with Crippen molar-refractivity contribution in [1.29, 1.82) is 0 Å². The van der Waals surface area contributed by atoms with Crippen molar-refractivity contribution in [2.75, 3.05) is 30.1 Å². The molecule has 4 N–H and O–H groups in total. The second-order valence-corrected chi connectivity index (χ2v) is 5.33. The quantitative estimate of drug-likeness (QED) is 0.460. The maximum Gasteiger partial charge on any atom is 0.323 e. The average molecular weight is 274 g/mol. The van der Waals surface area contributed by atoms with Crippen LogP contribution in [-0.4, -0.2) is 43.8 Å². The van der Waals surface area contributed by atoms with Crippen LogP contribution in [0.15, 0.2) is 0 Å². The van der Waals surface area contributed by atoms with Crippen LogP contribution in [0.5, 0.6) is 6.01 Å². The molecule has 1 aromatic heterocycles. The van der Waals surface area contributed by atoms with E-state index < -0.39 is 10.8 Å². The summed E-state index contributed by atoms with van der Waals surface area (Å²) in [6, 6.07) is 0.188. The van der Waals surface area contributed by atoms with Crippen LogP contribution < -0.4 is 21.3 Å². The van der Waals surface area contributed by atoms with Crippen LogP contribution in [0.3, 0.4) is 0 Å². The van der Waals surface area contributed by atoms with Gasteiger partial charge in [-0.25, -0.2) is 5.84 Å². The number of anilines is 2. The minimum Gasteiger partial charge on any atom is -0.464 e. The van der Waals surface area contributed by atoms with Gasteiger partial charge in [-0.3, -0.25) is 9.63 Å². The van der Waals surface area contributed by atoms with Gasteiger partial charge in [-0.15, -0.1) is 0 Å². The van der Waals surface area contributed by atoms with E-state index in [-0.39, 0.29) is 17.2 Å². The van der Waals surface area contributed by atoms with Crippen molar-refractivity contribution in [3.63, 3.8) is 0 Å². The maximum absolute atomic E-state index is 11.2. The Morgan fingerprint density at radius 2 is 2.06 bits per heavy atom. The monoisotopic (exact) mass is 274 g/mol. The third kappa shape index (κ3) is 4.41. The van der Waals surface area contributed by atoms with Crippen LogP contribution in [0.2, 0.25) is 0 Å². The van der Waals surface area contributed by atoms with E-state index >= 15 is 0 Å². The van der Waals surface area contributed by atoms with Crippen molar-refractivity contribution in [3.8, 4) is 6.01 Å². The van der Waals surface area contributed by atoms with Crippen molar-refractivity contribution < 1.29 is 8.95 Å². The molecule has 0 bridgehead atoms. The molecule has 0 fully saturated rings. The first-order valence-electron chi connectivity index (χ1n) is 5.48. The molecule has 0 amide bonds. The third-order valence-electron chi connectivity index (χ3n) is 2.13. The summed E-state index contributed by atoms with van der Waals surface area (Å²) in [6.07, 6.45) is 1.65. The zero-order valence-electron chi connectivity index (χ0n) is 10.6. The van der Waals surface area contributed by atoms with Crippen LogP contribution in [0.25, 0.3) is 0 Å². The predicted octanol–water partition coefficient (Wildman–Crippen LogP) is -0.265. The van der Waals surface area contributed by atoms with Gasteiger partial charge >= 0.3 is 6.01 Å². The van der Waals surface area contributed by atoms with Crippen molar-refractivity contribution in [3.05, 3.63) is 0 Å². The van der Waals surface area contributed by atoms with Crippen molar-refractivity contribution in [1.82, 2.24) is 15.0 Å². The molecule has 0 spiro atoms. The van der Waals surface area contributed by atoms with Crippen LogP contribution in [0.4, 0.5) is 11.9 Å². The molecule has 8 nitrogen and oxygen atoms in total. The molecule has 0 aliphatic carbocycles. The molecule has 0 saturated heterocycles. The molecule has 1 heterocycles. The van der Waals surface area contributed by atoms with E-state index in [0.29, 0.717) is 19.1 Å². The molecule has 0 radical (unpaired) electrons. The van der Waals surface area contributed by atoms with Crippen molar-refractivity contribution in [2.24, 2.45) is 5.84 Å². The van der Waals surface area contributed by atoms with E-state index in [1.54, 1.807) is 6.26 Å². The fraction of sp³-hybridized carbons (Fsp3) is 0.667. The normalized spacial score (nSPS) is 13.8. The molecule has 2 atom stereocenters. The van der Waals surface area contributed by atoms with Crippen LogP contribution in [0, 0.1) is 0 Å². The lowest BCUT2D eigenvalue weighted by molar-refractivity contribution is 0.312. The zero-order valence-corrected chi connectivity index (χ0v) is 11.5. The van der Waals surface area contributed by atoms with Gasteiger partial charge in [0.25, 0.3) is 0 Å². The van der Waals surface area contributed by atoms with E-state index in [1.807, 2.05) is 13.8 Å². The summed E-state index contributed by atoms with van der Waals surface area (Å²) in [6.45, 7) is 4.64. The Morgan fingerprint density at radius 1 is 1.39 bits per heavy atom. The summed E-state index contributed by atoms with van der Waals surface area (Å²) in [4.78, 5) is 12.0. The summed E-state index contributed by atoms with van der Waals surface area (Å²) in [7, 11) is -0.905. The predicted molar refractivity (Wildman–Crippen MR) is 70.8 cm³/mol. The highest BCUT2D eigenvalue weighted by molar-refractivity contribution is 7.84. The van der Waals surface area contributed by atoms with Crippen molar-refractivity contribution in [2.45, 2.75) is 19.1 Å². The number of hydrogen-bond donors (Lipinski definition) is 3. The zero-order chi connectivity index (χ0) is 13.5. The number of nitrogens with one attached hydrogen (secondary N) is 2. The molecule has 102 valence electrons. The van der Waals surface area contributed by atoms with Gasteiger partial charge in [0.2, 0.25) is 11.9 Å². The number of aromatic nitrogens is 3. The van der Waals surface area contributed by atoms with Gasteiger partial charge in [0.1, 0.15) is 0 Å². The molecule has 1 aromatic rings. The van der Waals surface area contributed by atoms with Gasteiger partial charge in [-0.05, 0) is 13.8 Å². The third-order valence-corrected chi connectivity index (χ3v) is 3.43.